The van der Waals surface area contributed by atoms with E-state index < -0.39 is 0 Å². The maximum atomic E-state index is 10.4. The van der Waals surface area contributed by atoms with Crippen LogP contribution in [0.3, 0.4) is 0 Å². The van der Waals surface area contributed by atoms with Crippen molar-refractivity contribution in [3.8, 4) is 0 Å². The van der Waals surface area contributed by atoms with Gasteiger partial charge in [0.1, 0.15) is 6.29 Å². The van der Waals surface area contributed by atoms with E-state index in [9.17, 15) is 4.79 Å². The summed E-state index contributed by atoms with van der Waals surface area (Å²) in [4.78, 5) is 10.4. The van der Waals surface area contributed by atoms with Crippen molar-refractivity contribution in [2.75, 3.05) is 0 Å². The zero-order valence-corrected chi connectivity index (χ0v) is 7.65. The fraction of sp³-hybridized carbons (Fsp3) is 0.250. The Morgan fingerprint density at radius 1 is 1.23 bits per heavy atom. The van der Waals surface area contributed by atoms with Crippen LogP contribution in [0, 0.1) is 0 Å². The van der Waals surface area contributed by atoms with Crippen molar-refractivity contribution >= 4 is 6.29 Å². The first-order valence-corrected chi connectivity index (χ1v) is 4.48. The molecule has 0 spiro atoms. The summed E-state index contributed by atoms with van der Waals surface area (Å²) in [6.45, 7) is 3.69. The molecular weight excluding hydrogens is 160 g/mol. The smallest absolute Gasteiger partial charge is 0.120 e. The minimum Gasteiger partial charge on any atom is -0.303 e. The second-order valence-corrected chi connectivity index (χ2v) is 3.03. The van der Waals surface area contributed by atoms with Crippen LogP contribution in [0.15, 0.2) is 43.0 Å². The van der Waals surface area contributed by atoms with E-state index in [2.05, 4.69) is 18.7 Å². The third-order valence-electron chi connectivity index (χ3n) is 2.10. The van der Waals surface area contributed by atoms with Gasteiger partial charge in [0, 0.05) is 6.42 Å². The number of benzene rings is 1. The zero-order chi connectivity index (χ0) is 9.52. The van der Waals surface area contributed by atoms with Crippen molar-refractivity contribution in [1.29, 1.82) is 0 Å². The first-order valence-electron chi connectivity index (χ1n) is 4.48. The molecule has 0 unspecified atom stereocenters. The van der Waals surface area contributed by atoms with Crippen molar-refractivity contribution in [1.82, 2.24) is 0 Å². The third-order valence-corrected chi connectivity index (χ3v) is 2.10. The Balaban J connectivity index is 2.75. The number of aldehydes is 1. The van der Waals surface area contributed by atoms with Gasteiger partial charge in [0.05, 0.1) is 0 Å². The Hall–Kier alpha value is -1.37. The van der Waals surface area contributed by atoms with Crippen LogP contribution < -0.4 is 0 Å². The lowest BCUT2D eigenvalue weighted by molar-refractivity contribution is -0.108. The van der Waals surface area contributed by atoms with Crippen LogP contribution in [0.1, 0.15) is 24.3 Å². The van der Waals surface area contributed by atoms with Gasteiger partial charge in [-0.25, -0.2) is 0 Å². The molecule has 0 saturated heterocycles. The lowest BCUT2D eigenvalue weighted by Crippen LogP contribution is -1.97. The Labute approximate surface area is 79.1 Å². The van der Waals surface area contributed by atoms with E-state index in [1.807, 2.05) is 24.3 Å². The predicted octanol–water partition coefficient (Wildman–Crippen LogP) is 2.94. The van der Waals surface area contributed by atoms with Gasteiger partial charge >= 0.3 is 0 Å². The predicted molar refractivity (Wildman–Crippen MR) is 54.7 cm³/mol. The summed E-state index contributed by atoms with van der Waals surface area (Å²) in [6, 6.07) is 10.1. The molecule has 13 heavy (non-hydrogen) atoms. The SMILES string of the molecule is C=CC[C@@H](CC=O)c1ccccc1. The Kier molecular flexibility index (Phi) is 3.97. The number of rotatable bonds is 5. The van der Waals surface area contributed by atoms with Crippen LogP contribution in [0.4, 0.5) is 0 Å². The van der Waals surface area contributed by atoms with E-state index in [0.717, 1.165) is 12.7 Å². The molecule has 0 aliphatic rings. The average Bonchev–Trinajstić information content (AvgIpc) is 2.19. The fourth-order valence-corrected chi connectivity index (χ4v) is 1.41. The summed E-state index contributed by atoms with van der Waals surface area (Å²) in [6.07, 6.45) is 4.28. The summed E-state index contributed by atoms with van der Waals surface area (Å²) in [5.74, 6) is 0.302. The molecule has 1 aromatic rings. The number of allylic oxidation sites excluding steroid dienone is 1. The topological polar surface area (TPSA) is 17.1 Å². The van der Waals surface area contributed by atoms with E-state index in [1.54, 1.807) is 0 Å². The van der Waals surface area contributed by atoms with Gasteiger partial charge in [-0.1, -0.05) is 36.4 Å². The normalized spacial score (nSPS) is 12.0. The summed E-state index contributed by atoms with van der Waals surface area (Å²) >= 11 is 0. The molecule has 1 nitrogen and oxygen atoms in total. The molecule has 0 saturated carbocycles. The van der Waals surface area contributed by atoms with E-state index in [4.69, 9.17) is 0 Å². The van der Waals surface area contributed by atoms with Gasteiger partial charge in [-0.15, -0.1) is 6.58 Å². The van der Waals surface area contributed by atoms with Gasteiger partial charge in [0.15, 0.2) is 0 Å². The number of hydrogen-bond acceptors (Lipinski definition) is 1. The lowest BCUT2D eigenvalue weighted by Gasteiger charge is -2.11. The van der Waals surface area contributed by atoms with Gasteiger partial charge in [-0.05, 0) is 17.9 Å². The highest BCUT2D eigenvalue weighted by molar-refractivity contribution is 5.51. The number of carbonyl (C=O) groups excluding carboxylic acids is 1. The Bertz CT molecular complexity index is 254. The van der Waals surface area contributed by atoms with E-state index in [0.29, 0.717) is 12.3 Å². The van der Waals surface area contributed by atoms with Crippen LogP contribution in [0.2, 0.25) is 0 Å². The van der Waals surface area contributed by atoms with E-state index in [-0.39, 0.29) is 0 Å². The van der Waals surface area contributed by atoms with Crippen LogP contribution >= 0.6 is 0 Å². The summed E-state index contributed by atoms with van der Waals surface area (Å²) in [5, 5.41) is 0. The van der Waals surface area contributed by atoms with Crippen molar-refractivity contribution in [3.63, 3.8) is 0 Å². The van der Waals surface area contributed by atoms with E-state index >= 15 is 0 Å². The summed E-state index contributed by atoms with van der Waals surface area (Å²) in [7, 11) is 0. The van der Waals surface area contributed by atoms with Crippen molar-refractivity contribution in [2.24, 2.45) is 0 Å². The summed E-state index contributed by atoms with van der Waals surface area (Å²) < 4.78 is 0. The molecule has 0 aromatic heterocycles. The fourth-order valence-electron chi connectivity index (χ4n) is 1.41. The molecule has 0 fully saturated rings. The second kappa shape index (κ2) is 5.31. The molecule has 0 aliphatic heterocycles. The second-order valence-electron chi connectivity index (χ2n) is 3.03. The zero-order valence-electron chi connectivity index (χ0n) is 7.65. The molecule has 1 atom stereocenters. The molecule has 0 N–H and O–H groups in total. The molecule has 0 bridgehead atoms. The third kappa shape index (κ3) is 2.86. The van der Waals surface area contributed by atoms with Gasteiger partial charge in [-0.3, -0.25) is 0 Å². The lowest BCUT2D eigenvalue weighted by atomic mass is 9.93. The molecule has 0 amide bonds. The van der Waals surface area contributed by atoms with Crippen LogP contribution in [0.25, 0.3) is 0 Å². The Morgan fingerprint density at radius 3 is 2.46 bits per heavy atom. The molecule has 0 aliphatic carbocycles. The molecular formula is C12H14O. The van der Waals surface area contributed by atoms with Gasteiger partial charge in [0.25, 0.3) is 0 Å². The highest BCUT2D eigenvalue weighted by Gasteiger charge is 2.07. The van der Waals surface area contributed by atoms with Crippen LogP contribution in [0.5, 0.6) is 0 Å². The maximum Gasteiger partial charge on any atom is 0.120 e. The summed E-state index contributed by atoms with van der Waals surface area (Å²) in [5.41, 5.74) is 1.22. The van der Waals surface area contributed by atoms with Gasteiger partial charge in [0.2, 0.25) is 0 Å². The highest BCUT2D eigenvalue weighted by atomic mass is 16.1. The maximum absolute atomic E-state index is 10.4. The minimum absolute atomic E-state index is 0.302. The molecule has 1 heteroatoms. The molecule has 1 rings (SSSR count). The number of hydrogen-bond donors (Lipinski definition) is 0. The van der Waals surface area contributed by atoms with Crippen molar-refractivity contribution in [2.45, 2.75) is 18.8 Å². The first kappa shape index (κ1) is 9.72. The van der Waals surface area contributed by atoms with Gasteiger partial charge < -0.3 is 4.79 Å². The van der Waals surface area contributed by atoms with Gasteiger partial charge in [-0.2, -0.15) is 0 Å². The van der Waals surface area contributed by atoms with Crippen LogP contribution in [-0.4, -0.2) is 6.29 Å². The number of carbonyl (C=O) groups is 1. The molecule has 68 valence electrons. The molecule has 0 heterocycles. The Morgan fingerprint density at radius 2 is 1.92 bits per heavy atom. The standard InChI is InChI=1S/C12H14O/c1-2-6-11(9-10-13)12-7-4-3-5-8-12/h2-5,7-8,10-11H,1,6,9H2/t11-/m0/s1. The first-order chi connectivity index (χ1) is 6.38. The largest absolute Gasteiger partial charge is 0.303 e. The molecule has 0 radical (unpaired) electrons. The highest BCUT2D eigenvalue weighted by Crippen LogP contribution is 2.22. The molecule has 1 aromatic carbocycles. The average molecular weight is 174 g/mol. The van der Waals surface area contributed by atoms with Crippen molar-refractivity contribution < 1.29 is 4.79 Å². The monoisotopic (exact) mass is 174 g/mol. The van der Waals surface area contributed by atoms with E-state index in [1.165, 1.54) is 5.56 Å². The van der Waals surface area contributed by atoms with Crippen molar-refractivity contribution in [3.05, 3.63) is 48.6 Å². The quantitative estimate of drug-likeness (QED) is 0.495. The van der Waals surface area contributed by atoms with Crippen LogP contribution in [-0.2, 0) is 4.79 Å². The minimum atomic E-state index is 0.302.